The van der Waals surface area contributed by atoms with E-state index in [0.29, 0.717) is 17.9 Å². The molecule has 0 atom stereocenters. The summed E-state index contributed by atoms with van der Waals surface area (Å²) in [5.74, 6) is 0.176. The molecule has 1 aromatic heterocycles. The van der Waals surface area contributed by atoms with Gasteiger partial charge in [-0.15, -0.1) is 13.2 Å². The highest BCUT2D eigenvalue weighted by molar-refractivity contribution is 5.87. The third kappa shape index (κ3) is 4.40. The molecule has 0 radical (unpaired) electrons. The Morgan fingerprint density at radius 2 is 1.95 bits per heavy atom. The van der Waals surface area contributed by atoms with Gasteiger partial charge in [0.05, 0.1) is 12.7 Å². The molecule has 0 bridgehead atoms. The van der Waals surface area contributed by atoms with Gasteiger partial charge >= 0.3 is 12.4 Å². The fourth-order valence-corrected chi connectivity index (χ4v) is 1.71. The summed E-state index contributed by atoms with van der Waals surface area (Å²) in [6.45, 7) is 0.290. The van der Waals surface area contributed by atoms with Crippen molar-refractivity contribution in [1.29, 1.82) is 0 Å². The van der Waals surface area contributed by atoms with Gasteiger partial charge in [-0.05, 0) is 17.7 Å². The van der Waals surface area contributed by atoms with Crippen LogP contribution in [-0.2, 0) is 6.54 Å². The van der Waals surface area contributed by atoms with Crippen molar-refractivity contribution < 1.29 is 22.7 Å². The van der Waals surface area contributed by atoms with Crippen molar-refractivity contribution in [2.45, 2.75) is 12.9 Å². The summed E-state index contributed by atoms with van der Waals surface area (Å²) in [7, 11) is 1.48. The first-order valence-electron chi connectivity index (χ1n) is 6.22. The van der Waals surface area contributed by atoms with Crippen LogP contribution >= 0.6 is 0 Å². The van der Waals surface area contributed by atoms with Gasteiger partial charge in [0.25, 0.3) is 0 Å². The maximum Gasteiger partial charge on any atom is 0.573 e. The Bertz CT molecular complexity index is 637. The third-order valence-corrected chi connectivity index (χ3v) is 2.67. The number of urea groups is 1. The van der Waals surface area contributed by atoms with E-state index in [4.69, 9.17) is 0 Å². The molecule has 0 aliphatic heterocycles. The highest BCUT2D eigenvalue weighted by atomic mass is 19.4. The van der Waals surface area contributed by atoms with Crippen LogP contribution in [0.25, 0.3) is 0 Å². The van der Waals surface area contributed by atoms with Gasteiger partial charge in [-0.3, -0.25) is 5.32 Å². The van der Waals surface area contributed by atoms with Crippen molar-refractivity contribution in [2.75, 3.05) is 12.4 Å². The second kappa shape index (κ2) is 6.37. The Labute approximate surface area is 123 Å². The van der Waals surface area contributed by atoms with E-state index in [-0.39, 0.29) is 5.75 Å². The summed E-state index contributed by atoms with van der Waals surface area (Å²) in [4.78, 5) is 11.3. The number of hydrogen-bond acceptors (Lipinski definition) is 3. The van der Waals surface area contributed by atoms with Crippen molar-refractivity contribution in [1.82, 2.24) is 15.1 Å². The molecule has 2 N–H and O–H groups in total. The van der Waals surface area contributed by atoms with E-state index in [1.54, 1.807) is 6.07 Å². The fourth-order valence-electron chi connectivity index (χ4n) is 1.71. The van der Waals surface area contributed by atoms with E-state index in [9.17, 15) is 18.0 Å². The van der Waals surface area contributed by atoms with Gasteiger partial charge in [-0.25, -0.2) is 9.48 Å². The molecule has 0 aliphatic carbocycles. The minimum absolute atomic E-state index is 0.290. The lowest BCUT2D eigenvalue weighted by molar-refractivity contribution is -0.274. The lowest BCUT2D eigenvalue weighted by atomic mass is 10.2. The first-order valence-corrected chi connectivity index (χ1v) is 6.22. The summed E-state index contributed by atoms with van der Waals surface area (Å²) in [5, 5.41) is 9.03. The van der Waals surface area contributed by atoms with Gasteiger partial charge in [-0.2, -0.15) is 5.10 Å². The summed E-state index contributed by atoms with van der Waals surface area (Å²) >= 11 is 0. The van der Waals surface area contributed by atoms with Crippen LogP contribution in [-0.4, -0.2) is 29.2 Å². The Morgan fingerprint density at radius 1 is 1.27 bits per heavy atom. The average molecular weight is 314 g/mol. The van der Waals surface area contributed by atoms with Crippen LogP contribution in [0.15, 0.2) is 36.5 Å². The molecule has 1 heterocycles. The van der Waals surface area contributed by atoms with Gasteiger partial charge in [-0.1, -0.05) is 12.1 Å². The molecule has 0 unspecified atom stereocenters. The molecule has 0 spiro atoms. The van der Waals surface area contributed by atoms with Crippen LogP contribution in [0.1, 0.15) is 5.56 Å². The molecule has 0 saturated heterocycles. The number of carbonyl (C=O) groups excluding carboxylic acids is 1. The lowest BCUT2D eigenvalue weighted by Gasteiger charge is -2.11. The number of alkyl halides is 3. The number of nitrogens with one attached hydrogen (secondary N) is 2. The third-order valence-electron chi connectivity index (χ3n) is 2.67. The fraction of sp³-hybridized carbons (Fsp3) is 0.231. The zero-order chi connectivity index (χ0) is 16.2. The molecule has 0 saturated carbocycles. The quantitative estimate of drug-likeness (QED) is 0.911. The minimum atomic E-state index is -4.71. The number of anilines is 1. The molecule has 118 valence electrons. The summed E-state index contributed by atoms with van der Waals surface area (Å²) in [6, 6.07) is 6.64. The molecule has 2 aromatic rings. The Balaban J connectivity index is 2.05. The molecule has 9 heteroatoms. The summed E-state index contributed by atoms with van der Waals surface area (Å²) in [6.07, 6.45) is -3.21. The normalized spacial score (nSPS) is 11.1. The van der Waals surface area contributed by atoms with Crippen molar-refractivity contribution in [3.8, 4) is 5.75 Å². The summed E-state index contributed by atoms with van der Waals surface area (Å²) in [5.41, 5.74) is 0.707. The highest BCUT2D eigenvalue weighted by Gasteiger charge is 2.30. The largest absolute Gasteiger partial charge is 0.573 e. The molecule has 22 heavy (non-hydrogen) atoms. The maximum absolute atomic E-state index is 12.1. The molecule has 2 amide bonds. The van der Waals surface area contributed by atoms with Gasteiger partial charge in [0.15, 0.2) is 0 Å². The number of halogens is 3. The van der Waals surface area contributed by atoms with Gasteiger partial charge in [0.2, 0.25) is 0 Å². The van der Waals surface area contributed by atoms with Crippen molar-refractivity contribution in [2.24, 2.45) is 0 Å². The first-order chi connectivity index (χ1) is 10.4. The maximum atomic E-state index is 12.1. The van der Waals surface area contributed by atoms with E-state index in [0.717, 1.165) is 0 Å². The standard InChI is InChI=1S/C13H13F3N4O2/c1-17-12(21)19-11-6-7-18-20(11)8-9-2-4-10(5-3-9)22-13(14,15)16/h2-7H,8H2,1H3,(H2,17,19,21). The monoisotopic (exact) mass is 314 g/mol. The van der Waals surface area contributed by atoms with Crippen molar-refractivity contribution in [3.63, 3.8) is 0 Å². The van der Waals surface area contributed by atoms with E-state index >= 15 is 0 Å². The number of nitrogens with zero attached hydrogens (tertiary/aromatic N) is 2. The zero-order valence-corrected chi connectivity index (χ0v) is 11.5. The van der Waals surface area contributed by atoms with E-state index < -0.39 is 12.4 Å². The van der Waals surface area contributed by atoms with Crippen molar-refractivity contribution in [3.05, 3.63) is 42.1 Å². The molecular weight excluding hydrogens is 301 g/mol. The zero-order valence-electron chi connectivity index (χ0n) is 11.5. The second-order valence-electron chi connectivity index (χ2n) is 4.27. The first kappa shape index (κ1) is 15.7. The second-order valence-corrected chi connectivity index (χ2v) is 4.27. The Morgan fingerprint density at radius 3 is 2.55 bits per heavy atom. The molecular formula is C13H13F3N4O2. The van der Waals surface area contributed by atoms with Crippen molar-refractivity contribution >= 4 is 11.8 Å². The molecule has 6 nitrogen and oxygen atoms in total. The summed E-state index contributed by atoms with van der Waals surface area (Å²) < 4.78 is 41.5. The average Bonchev–Trinajstić information content (AvgIpc) is 2.86. The predicted molar refractivity (Wildman–Crippen MR) is 72.5 cm³/mol. The number of carbonyl (C=O) groups is 1. The van der Waals surface area contributed by atoms with Crippen LogP contribution < -0.4 is 15.4 Å². The molecule has 0 aliphatic rings. The molecule has 1 aromatic carbocycles. The van der Waals surface area contributed by atoms with Crippen LogP contribution in [0, 0.1) is 0 Å². The number of aromatic nitrogens is 2. The van der Waals surface area contributed by atoms with Gasteiger partial charge in [0.1, 0.15) is 11.6 Å². The molecule has 0 fully saturated rings. The van der Waals surface area contributed by atoms with E-state index in [2.05, 4.69) is 20.5 Å². The minimum Gasteiger partial charge on any atom is -0.406 e. The Kier molecular flexibility index (Phi) is 4.54. The van der Waals surface area contributed by atoms with Crippen LogP contribution in [0.5, 0.6) is 5.75 Å². The predicted octanol–water partition coefficient (Wildman–Crippen LogP) is 2.58. The van der Waals surface area contributed by atoms with Gasteiger partial charge < -0.3 is 10.1 Å². The van der Waals surface area contributed by atoms with Crippen LogP contribution in [0.4, 0.5) is 23.8 Å². The Hall–Kier alpha value is -2.71. The topological polar surface area (TPSA) is 68.2 Å². The van der Waals surface area contributed by atoms with Crippen LogP contribution in [0.3, 0.4) is 0 Å². The lowest BCUT2D eigenvalue weighted by Crippen LogP contribution is -2.26. The van der Waals surface area contributed by atoms with E-state index in [1.165, 1.54) is 42.2 Å². The number of amides is 2. The SMILES string of the molecule is CNC(=O)Nc1ccnn1Cc1ccc(OC(F)(F)F)cc1. The van der Waals surface area contributed by atoms with E-state index in [1.807, 2.05) is 0 Å². The van der Waals surface area contributed by atoms with Gasteiger partial charge in [0, 0.05) is 13.1 Å². The number of rotatable bonds is 4. The smallest absolute Gasteiger partial charge is 0.406 e. The number of hydrogen-bond donors (Lipinski definition) is 2. The van der Waals surface area contributed by atoms with Crippen LogP contribution in [0.2, 0.25) is 0 Å². The number of ether oxygens (including phenoxy) is 1. The highest BCUT2D eigenvalue weighted by Crippen LogP contribution is 2.23. The molecule has 2 rings (SSSR count). The number of benzene rings is 1.